The van der Waals surface area contributed by atoms with E-state index in [2.05, 4.69) is 29.2 Å². The van der Waals surface area contributed by atoms with Crippen molar-refractivity contribution >= 4 is 22.6 Å². The van der Waals surface area contributed by atoms with Crippen LogP contribution >= 0.6 is 22.6 Å². The van der Waals surface area contributed by atoms with Crippen molar-refractivity contribution in [3.63, 3.8) is 0 Å². The predicted molar refractivity (Wildman–Crippen MR) is 43.9 cm³/mol. The Labute approximate surface area is 63.6 Å². The zero-order valence-electron chi connectivity index (χ0n) is 4.80. The van der Waals surface area contributed by atoms with Gasteiger partial charge in [-0.15, -0.1) is 0 Å². The topological polar surface area (TPSA) is 9.23 Å². The van der Waals surface area contributed by atoms with Crippen molar-refractivity contribution < 1.29 is 4.74 Å². The number of allylic oxidation sites excluding steroid dienone is 2. The number of hydrogen-bond donors (Lipinski definition) is 0. The number of halogens is 1. The average molecular weight is 224 g/mol. The highest BCUT2D eigenvalue weighted by Crippen LogP contribution is 1.99. The fourth-order valence-electron chi connectivity index (χ4n) is 0.209. The number of rotatable bonds is 3. The Morgan fingerprint density at radius 1 is 1.75 bits per heavy atom. The van der Waals surface area contributed by atoms with Gasteiger partial charge in [-0.3, -0.25) is 0 Å². The maximum Gasteiger partial charge on any atom is 0.145 e. The van der Waals surface area contributed by atoms with Gasteiger partial charge in [-0.25, -0.2) is 0 Å². The van der Waals surface area contributed by atoms with E-state index in [0.717, 1.165) is 0 Å². The smallest absolute Gasteiger partial charge is 0.145 e. The highest BCUT2D eigenvalue weighted by molar-refractivity contribution is 14.1. The lowest BCUT2D eigenvalue weighted by Gasteiger charge is -1.98. The van der Waals surface area contributed by atoms with Crippen LogP contribution in [0.15, 0.2) is 25.0 Å². The predicted octanol–water partition coefficient (Wildman–Crippen LogP) is 2.48. The van der Waals surface area contributed by atoms with Gasteiger partial charge in [0.15, 0.2) is 0 Å². The van der Waals surface area contributed by atoms with Gasteiger partial charge in [-0.2, -0.15) is 0 Å². The Hall–Kier alpha value is 0.0100. The molecule has 0 saturated carbocycles. The molecular weight excluding hydrogens is 215 g/mol. The van der Waals surface area contributed by atoms with Gasteiger partial charge >= 0.3 is 0 Å². The molecule has 0 aliphatic carbocycles. The van der Waals surface area contributed by atoms with Gasteiger partial charge in [0.1, 0.15) is 4.11 Å². The molecule has 0 saturated heterocycles. The summed E-state index contributed by atoms with van der Waals surface area (Å²) in [4.78, 5) is 0. The van der Waals surface area contributed by atoms with Crippen LogP contribution in [0.2, 0.25) is 0 Å². The third-order valence-electron chi connectivity index (χ3n) is 0.481. The number of hydrogen-bond acceptors (Lipinski definition) is 1. The second kappa shape index (κ2) is 5.15. The average Bonchev–Trinajstić information content (AvgIpc) is 1.66. The normalized spacial score (nSPS) is 13.8. The third kappa shape index (κ3) is 6.01. The van der Waals surface area contributed by atoms with Crippen LogP contribution in [-0.2, 0) is 4.74 Å². The SMILES string of the molecule is C=CC=COC(C)I. The summed E-state index contributed by atoms with van der Waals surface area (Å²) in [5, 5.41) is 0. The minimum atomic E-state index is 0.240. The van der Waals surface area contributed by atoms with Gasteiger partial charge in [-0.05, 0) is 35.6 Å². The van der Waals surface area contributed by atoms with Crippen molar-refractivity contribution in [1.29, 1.82) is 0 Å². The summed E-state index contributed by atoms with van der Waals surface area (Å²) in [6.07, 6.45) is 5.07. The van der Waals surface area contributed by atoms with E-state index in [9.17, 15) is 0 Å². The summed E-state index contributed by atoms with van der Waals surface area (Å²) >= 11 is 2.17. The Morgan fingerprint density at radius 3 is 2.75 bits per heavy atom. The summed E-state index contributed by atoms with van der Waals surface area (Å²) in [6, 6.07) is 0. The van der Waals surface area contributed by atoms with Crippen molar-refractivity contribution in [2.75, 3.05) is 0 Å². The van der Waals surface area contributed by atoms with Gasteiger partial charge in [0, 0.05) is 0 Å². The van der Waals surface area contributed by atoms with E-state index in [-0.39, 0.29) is 4.11 Å². The molecule has 0 rings (SSSR count). The molecule has 0 heterocycles. The third-order valence-corrected chi connectivity index (χ3v) is 0.774. The minimum Gasteiger partial charge on any atom is -0.488 e. The second-order valence-electron chi connectivity index (χ2n) is 1.24. The molecule has 0 radical (unpaired) electrons. The first-order valence-electron chi connectivity index (χ1n) is 2.34. The second-order valence-corrected chi connectivity index (χ2v) is 3.00. The zero-order chi connectivity index (χ0) is 6.41. The lowest BCUT2D eigenvalue weighted by Crippen LogP contribution is -1.88. The highest BCUT2D eigenvalue weighted by Gasteiger charge is 1.84. The first kappa shape index (κ1) is 8.01. The molecule has 0 aromatic heterocycles. The van der Waals surface area contributed by atoms with Crippen molar-refractivity contribution in [1.82, 2.24) is 0 Å². The lowest BCUT2D eigenvalue weighted by atomic mass is 10.6. The summed E-state index contributed by atoms with van der Waals surface area (Å²) in [6.45, 7) is 5.45. The van der Waals surface area contributed by atoms with Crippen LogP contribution in [0, 0.1) is 0 Å². The molecule has 8 heavy (non-hydrogen) atoms. The fraction of sp³-hybridized carbons (Fsp3) is 0.333. The van der Waals surface area contributed by atoms with Crippen molar-refractivity contribution in [2.45, 2.75) is 11.0 Å². The molecule has 0 bridgehead atoms. The molecule has 0 spiro atoms. The molecule has 0 aromatic rings. The summed E-state index contributed by atoms with van der Waals surface area (Å²) in [5.74, 6) is 0. The molecule has 0 aliphatic rings. The molecule has 0 fully saturated rings. The quantitative estimate of drug-likeness (QED) is 0.309. The molecule has 1 unspecified atom stereocenters. The van der Waals surface area contributed by atoms with Crippen molar-refractivity contribution in [3.8, 4) is 0 Å². The van der Waals surface area contributed by atoms with Gasteiger partial charge in [0.05, 0.1) is 6.26 Å². The van der Waals surface area contributed by atoms with Crippen LogP contribution in [0.1, 0.15) is 6.92 Å². The van der Waals surface area contributed by atoms with Crippen LogP contribution in [0.25, 0.3) is 0 Å². The van der Waals surface area contributed by atoms with Crippen LogP contribution in [0.3, 0.4) is 0 Å². The molecule has 1 atom stereocenters. The molecule has 0 amide bonds. The Bertz CT molecular complexity index is 86.5. The van der Waals surface area contributed by atoms with Gasteiger partial charge in [0.2, 0.25) is 0 Å². The summed E-state index contributed by atoms with van der Waals surface area (Å²) in [5.41, 5.74) is 0. The summed E-state index contributed by atoms with van der Waals surface area (Å²) < 4.78 is 5.26. The largest absolute Gasteiger partial charge is 0.488 e. The van der Waals surface area contributed by atoms with E-state index in [0.29, 0.717) is 0 Å². The molecule has 0 N–H and O–H groups in total. The van der Waals surface area contributed by atoms with Gasteiger partial charge in [0.25, 0.3) is 0 Å². The Morgan fingerprint density at radius 2 is 2.38 bits per heavy atom. The number of ether oxygens (including phenoxy) is 1. The lowest BCUT2D eigenvalue weighted by molar-refractivity contribution is 0.252. The maximum absolute atomic E-state index is 5.02. The fourth-order valence-corrected chi connectivity index (χ4v) is 0.379. The minimum absolute atomic E-state index is 0.240. The van der Waals surface area contributed by atoms with E-state index in [1.165, 1.54) is 0 Å². The van der Waals surface area contributed by atoms with Crippen molar-refractivity contribution in [3.05, 3.63) is 25.0 Å². The molecule has 1 nitrogen and oxygen atoms in total. The van der Waals surface area contributed by atoms with E-state index in [1.54, 1.807) is 18.4 Å². The van der Waals surface area contributed by atoms with Crippen LogP contribution in [0.5, 0.6) is 0 Å². The first-order chi connectivity index (χ1) is 3.77. The molecule has 2 heteroatoms. The van der Waals surface area contributed by atoms with Gasteiger partial charge in [-0.1, -0.05) is 12.7 Å². The molecule has 0 aliphatic heterocycles. The molecule has 0 aromatic carbocycles. The zero-order valence-corrected chi connectivity index (χ0v) is 6.96. The summed E-state index contributed by atoms with van der Waals surface area (Å²) in [7, 11) is 0. The van der Waals surface area contributed by atoms with Gasteiger partial charge < -0.3 is 4.74 Å². The van der Waals surface area contributed by atoms with E-state index >= 15 is 0 Å². The number of alkyl halides is 1. The standard InChI is InChI=1S/C6H9IO/c1-3-4-5-8-6(2)7/h3-6H,1H2,2H3. The van der Waals surface area contributed by atoms with Crippen LogP contribution < -0.4 is 0 Å². The van der Waals surface area contributed by atoms with Crippen LogP contribution in [-0.4, -0.2) is 4.11 Å². The monoisotopic (exact) mass is 224 g/mol. The maximum atomic E-state index is 5.02. The first-order valence-corrected chi connectivity index (χ1v) is 3.59. The van der Waals surface area contributed by atoms with E-state index in [1.807, 2.05) is 6.92 Å². The van der Waals surface area contributed by atoms with E-state index in [4.69, 9.17) is 4.74 Å². The van der Waals surface area contributed by atoms with E-state index < -0.39 is 0 Å². The molecular formula is C6H9IO. The Balaban J connectivity index is 3.15. The molecule has 46 valence electrons. The Kier molecular flexibility index (Phi) is 5.16. The van der Waals surface area contributed by atoms with Crippen molar-refractivity contribution in [2.24, 2.45) is 0 Å². The van der Waals surface area contributed by atoms with Crippen LogP contribution in [0.4, 0.5) is 0 Å². The highest BCUT2D eigenvalue weighted by atomic mass is 127.